The van der Waals surface area contributed by atoms with Crippen LogP contribution >= 0.6 is 11.3 Å². The third kappa shape index (κ3) is 3.00. The second-order valence-corrected chi connectivity index (χ2v) is 7.33. The van der Waals surface area contributed by atoms with Gasteiger partial charge in [0.25, 0.3) is 0 Å². The fourth-order valence-corrected chi connectivity index (χ4v) is 4.11. The average molecular weight is 331 g/mol. The molecule has 1 aromatic carbocycles. The molecular formula is C17H18FN3OS. The van der Waals surface area contributed by atoms with Gasteiger partial charge < -0.3 is 4.90 Å². The highest BCUT2D eigenvalue weighted by atomic mass is 32.1. The lowest BCUT2D eigenvalue weighted by molar-refractivity contribution is -0.133. The van der Waals surface area contributed by atoms with Gasteiger partial charge in [0.05, 0.1) is 0 Å². The third-order valence-electron chi connectivity index (χ3n) is 4.55. The van der Waals surface area contributed by atoms with Gasteiger partial charge >= 0.3 is 0 Å². The summed E-state index contributed by atoms with van der Waals surface area (Å²) in [6.07, 6.45) is 4.09. The van der Waals surface area contributed by atoms with Gasteiger partial charge in [-0.1, -0.05) is 23.5 Å². The number of hydrogen-bond acceptors (Lipinski definition) is 4. The van der Waals surface area contributed by atoms with E-state index < -0.39 is 0 Å². The average Bonchev–Trinajstić information content (AvgIpc) is 3.32. The number of hydrogen-bond donors (Lipinski definition) is 0. The molecule has 1 atom stereocenters. The fraction of sp³-hybridized carbons (Fsp3) is 0.471. The van der Waals surface area contributed by atoms with Crippen LogP contribution in [0.1, 0.15) is 36.6 Å². The van der Waals surface area contributed by atoms with Crippen molar-refractivity contribution < 1.29 is 9.18 Å². The second-order valence-electron chi connectivity index (χ2n) is 6.32. The number of piperidine rings is 1. The van der Waals surface area contributed by atoms with Crippen LogP contribution in [0.5, 0.6) is 0 Å². The molecule has 2 heterocycles. The van der Waals surface area contributed by atoms with Crippen molar-refractivity contribution in [2.45, 2.75) is 31.6 Å². The summed E-state index contributed by atoms with van der Waals surface area (Å²) >= 11 is 1.44. The Morgan fingerprint density at radius 2 is 2.04 bits per heavy atom. The van der Waals surface area contributed by atoms with E-state index in [0.717, 1.165) is 43.8 Å². The molecule has 6 heteroatoms. The molecule has 0 N–H and O–H groups in total. The monoisotopic (exact) mass is 331 g/mol. The first-order valence-corrected chi connectivity index (χ1v) is 8.91. The van der Waals surface area contributed by atoms with E-state index in [9.17, 15) is 9.18 Å². The summed E-state index contributed by atoms with van der Waals surface area (Å²) in [6, 6.07) is 6.63. The van der Waals surface area contributed by atoms with Crippen LogP contribution in [-0.4, -0.2) is 34.1 Å². The lowest BCUT2D eigenvalue weighted by Crippen LogP contribution is -2.39. The van der Waals surface area contributed by atoms with Crippen molar-refractivity contribution >= 4 is 17.2 Å². The summed E-state index contributed by atoms with van der Waals surface area (Å²) in [5.74, 6) is 0.513. The summed E-state index contributed by atoms with van der Waals surface area (Å²) in [5, 5.41) is 9.97. The Bertz CT molecular complexity index is 728. The zero-order valence-corrected chi connectivity index (χ0v) is 13.6. The maximum absolute atomic E-state index is 13.9. The van der Waals surface area contributed by atoms with Crippen molar-refractivity contribution in [2.75, 3.05) is 13.1 Å². The zero-order valence-electron chi connectivity index (χ0n) is 12.7. The van der Waals surface area contributed by atoms with Crippen LogP contribution in [0, 0.1) is 11.7 Å². The van der Waals surface area contributed by atoms with Crippen LogP contribution in [0.3, 0.4) is 0 Å². The molecule has 23 heavy (non-hydrogen) atoms. The maximum atomic E-state index is 13.9. The Balaban J connectivity index is 1.52. The first-order chi connectivity index (χ1) is 11.2. The predicted molar refractivity (Wildman–Crippen MR) is 86.6 cm³/mol. The lowest BCUT2D eigenvalue weighted by atomic mass is 9.98. The smallest absolute Gasteiger partial charge is 0.225 e. The van der Waals surface area contributed by atoms with Gasteiger partial charge in [-0.3, -0.25) is 4.79 Å². The number of amides is 1. The van der Waals surface area contributed by atoms with Crippen LogP contribution in [-0.2, 0) is 4.79 Å². The second kappa shape index (κ2) is 6.00. The highest BCUT2D eigenvalue weighted by Crippen LogP contribution is 2.36. The minimum Gasteiger partial charge on any atom is -0.342 e. The fourth-order valence-electron chi connectivity index (χ4n) is 3.11. The predicted octanol–water partition coefficient (Wildman–Crippen LogP) is 3.46. The SMILES string of the molecule is O=C(C1CC1)N1CCCC(c2nnc(-c3ccccc3F)s2)C1. The Morgan fingerprint density at radius 1 is 1.22 bits per heavy atom. The van der Waals surface area contributed by atoms with E-state index in [2.05, 4.69) is 10.2 Å². The summed E-state index contributed by atoms with van der Waals surface area (Å²) in [4.78, 5) is 14.2. The molecule has 4 rings (SSSR count). The number of aromatic nitrogens is 2. The topological polar surface area (TPSA) is 46.1 Å². The summed E-state index contributed by atoms with van der Waals surface area (Å²) in [5.41, 5.74) is 0.498. The molecule has 1 aliphatic carbocycles. The van der Waals surface area contributed by atoms with Gasteiger partial charge in [0.15, 0.2) is 5.01 Å². The van der Waals surface area contributed by atoms with Gasteiger partial charge in [-0.2, -0.15) is 0 Å². The number of rotatable bonds is 3. The quantitative estimate of drug-likeness (QED) is 0.865. The summed E-state index contributed by atoms with van der Waals surface area (Å²) in [6.45, 7) is 1.58. The zero-order chi connectivity index (χ0) is 15.8. The van der Waals surface area contributed by atoms with Crippen molar-refractivity contribution in [3.05, 3.63) is 35.1 Å². The normalized spacial score (nSPS) is 21.4. The van der Waals surface area contributed by atoms with Gasteiger partial charge in [-0.05, 0) is 37.8 Å². The van der Waals surface area contributed by atoms with Crippen LogP contribution in [0.15, 0.2) is 24.3 Å². The minimum absolute atomic E-state index is 0.226. The largest absolute Gasteiger partial charge is 0.342 e. The Labute approximate surface area is 138 Å². The van der Waals surface area contributed by atoms with Crippen molar-refractivity contribution in [1.29, 1.82) is 0 Å². The first-order valence-electron chi connectivity index (χ1n) is 8.09. The van der Waals surface area contributed by atoms with E-state index >= 15 is 0 Å². The van der Waals surface area contributed by atoms with E-state index in [1.165, 1.54) is 17.4 Å². The molecule has 1 saturated heterocycles. The molecule has 4 nitrogen and oxygen atoms in total. The third-order valence-corrected chi connectivity index (χ3v) is 5.67. The number of halogens is 1. The van der Waals surface area contributed by atoms with Gasteiger partial charge in [0.1, 0.15) is 10.8 Å². The molecule has 0 spiro atoms. The molecule has 0 radical (unpaired) electrons. The van der Waals surface area contributed by atoms with Gasteiger partial charge in [0, 0.05) is 30.5 Å². The standard InChI is InChI=1S/C17H18FN3OS/c18-14-6-2-1-5-13(14)16-20-19-15(23-16)12-4-3-9-21(10-12)17(22)11-7-8-11/h1-2,5-6,11-12H,3-4,7-10H2. The summed E-state index contributed by atoms with van der Waals surface area (Å²) in [7, 11) is 0. The van der Waals surface area contributed by atoms with Crippen molar-refractivity contribution in [2.24, 2.45) is 5.92 Å². The van der Waals surface area contributed by atoms with Crippen molar-refractivity contribution in [3.8, 4) is 10.6 Å². The number of nitrogens with zero attached hydrogens (tertiary/aromatic N) is 3. The Morgan fingerprint density at radius 3 is 2.83 bits per heavy atom. The lowest BCUT2D eigenvalue weighted by Gasteiger charge is -2.31. The van der Waals surface area contributed by atoms with Crippen LogP contribution in [0.2, 0.25) is 0 Å². The van der Waals surface area contributed by atoms with Crippen LogP contribution in [0.25, 0.3) is 10.6 Å². The van der Waals surface area contributed by atoms with Crippen molar-refractivity contribution in [1.82, 2.24) is 15.1 Å². The molecular weight excluding hydrogens is 313 g/mol. The van der Waals surface area contributed by atoms with E-state index in [4.69, 9.17) is 0 Å². The van der Waals surface area contributed by atoms with E-state index in [-0.39, 0.29) is 17.7 Å². The molecule has 2 aromatic rings. The minimum atomic E-state index is -0.274. The number of likely N-dealkylation sites (tertiary alicyclic amines) is 1. The Hall–Kier alpha value is -1.82. The maximum Gasteiger partial charge on any atom is 0.225 e. The molecule has 2 fully saturated rings. The Kier molecular flexibility index (Phi) is 3.85. The molecule has 2 aliphatic rings. The van der Waals surface area contributed by atoms with E-state index in [1.54, 1.807) is 18.2 Å². The van der Waals surface area contributed by atoms with E-state index in [0.29, 0.717) is 16.5 Å². The molecule has 1 unspecified atom stereocenters. The highest BCUT2D eigenvalue weighted by Gasteiger charge is 2.36. The number of carbonyl (C=O) groups is 1. The molecule has 0 bridgehead atoms. The molecule has 120 valence electrons. The highest BCUT2D eigenvalue weighted by molar-refractivity contribution is 7.14. The summed E-state index contributed by atoms with van der Waals surface area (Å²) < 4.78 is 13.9. The van der Waals surface area contributed by atoms with Gasteiger partial charge in [-0.25, -0.2) is 4.39 Å². The molecule has 1 aromatic heterocycles. The molecule has 1 saturated carbocycles. The number of benzene rings is 1. The molecule has 1 aliphatic heterocycles. The van der Waals surface area contributed by atoms with Crippen LogP contribution < -0.4 is 0 Å². The first kappa shape index (κ1) is 14.8. The number of carbonyl (C=O) groups excluding carboxylic acids is 1. The van der Waals surface area contributed by atoms with Crippen LogP contribution in [0.4, 0.5) is 4.39 Å². The van der Waals surface area contributed by atoms with Gasteiger partial charge in [0.2, 0.25) is 5.91 Å². The van der Waals surface area contributed by atoms with Crippen molar-refractivity contribution in [3.63, 3.8) is 0 Å². The van der Waals surface area contributed by atoms with Gasteiger partial charge in [-0.15, -0.1) is 10.2 Å². The van der Waals surface area contributed by atoms with E-state index in [1.807, 2.05) is 4.90 Å². The molecule has 1 amide bonds.